The summed E-state index contributed by atoms with van der Waals surface area (Å²) in [6.07, 6.45) is 2.63. The summed E-state index contributed by atoms with van der Waals surface area (Å²) in [6, 6.07) is 8.88. The zero-order valence-electron chi connectivity index (χ0n) is 25.4. The van der Waals surface area contributed by atoms with E-state index < -0.39 is 12.1 Å². The third kappa shape index (κ3) is 9.09. The van der Waals surface area contributed by atoms with Crippen molar-refractivity contribution >= 4 is 58.7 Å². The molecule has 0 unspecified atom stereocenters. The van der Waals surface area contributed by atoms with Gasteiger partial charge in [-0.3, -0.25) is 19.2 Å². The fraction of sp³-hybridized carbons (Fsp3) is 0.484. The van der Waals surface area contributed by atoms with Crippen LogP contribution in [-0.4, -0.2) is 71.2 Å². The fourth-order valence-corrected chi connectivity index (χ4v) is 7.30. The second kappa shape index (κ2) is 16.3. The number of piperidine rings is 1. The number of nitrogens with zero attached hydrogens (tertiary/aromatic N) is 3. The number of hydrogen-bond acceptors (Lipinski definition) is 9. The molecule has 1 aromatic carbocycles. The Balaban J connectivity index is 0.00000461. The molecule has 4 bridgehead atoms. The molecule has 0 saturated carbocycles. The van der Waals surface area contributed by atoms with Gasteiger partial charge in [-0.2, -0.15) is 0 Å². The highest BCUT2D eigenvalue weighted by Gasteiger charge is 2.30. The van der Waals surface area contributed by atoms with E-state index in [9.17, 15) is 19.2 Å². The lowest BCUT2D eigenvalue weighted by atomic mass is 9.98. The molecule has 0 radical (unpaired) electrons. The summed E-state index contributed by atoms with van der Waals surface area (Å²) in [5.74, 6) is -1.23. The van der Waals surface area contributed by atoms with Crippen LogP contribution in [0, 0.1) is 11.8 Å². The van der Waals surface area contributed by atoms with Crippen molar-refractivity contribution in [2.75, 3.05) is 32.7 Å². The first-order valence-corrected chi connectivity index (χ1v) is 16.9. The summed E-state index contributed by atoms with van der Waals surface area (Å²) in [4.78, 5) is 64.2. The lowest BCUT2D eigenvalue weighted by Crippen LogP contribution is -2.48. The molecular weight excluding hydrogens is 634 g/mol. The van der Waals surface area contributed by atoms with Crippen LogP contribution < -0.4 is 21.3 Å². The highest BCUT2D eigenvalue weighted by atomic mass is 35.5. The van der Waals surface area contributed by atoms with E-state index in [1.54, 1.807) is 15.7 Å². The van der Waals surface area contributed by atoms with Crippen molar-refractivity contribution in [3.8, 4) is 0 Å². The number of amides is 4. The molecule has 4 N–H and O–H groups in total. The lowest BCUT2D eigenvalue weighted by Gasteiger charge is -2.30. The number of carbonyl (C=O) groups excluding carboxylic acids is 4. The van der Waals surface area contributed by atoms with E-state index >= 15 is 0 Å². The van der Waals surface area contributed by atoms with Crippen molar-refractivity contribution in [1.29, 1.82) is 0 Å². The average molecular weight is 674 g/mol. The molecule has 2 aliphatic heterocycles. The van der Waals surface area contributed by atoms with Gasteiger partial charge in [0, 0.05) is 30.4 Å². The van der Waals surface area contributed by atoms with Gasteiger partial charge in [-0.25, -0.2) is 9.97 Å². The van der Waals surface area contributed by atoms with Gasteiger partial charge in [-0.15, -0.1) is 35.1 Å². The van der Waals surface area contributed by atoms with Crippen LogP contribution in [0.2, 0.25) is 0 Å². The van der Waals surface area contributed by atoms with Crippen molar-refractivity contribution < 1.29 is 19.2 Å². The van der Waals surface area contributed by atoms with E-state index in [0.29, 0.717) is 42.5 Å². The van der Waals surface area contributed by atoms with E-state index in [1.165, 1.54) is 22.7 Å². The van der Waals surface area contributed by atoms with Gasteiger partial charge in [0.15, 0.2) is 0 Å². The lowest BCUT2D eigenvalue weighted by molar-refractivity contribution is -0.140. The number of carbonyl (C=O) groups is 4. The van der Waals surface area contributed by atoms with Crippen LogP contribution >= 0.6 is 35.1 Å². The molecule has 242 valence electrons. The molecule has 1 saturated heterocycles. The van der Waals surface area contributed by atoms with E-state index in [4.69, 9.17) is 0 Å². The summed E-state index contributed by atoms with van der Waals surface area (Å²) in [5, 5.41) is 16.9. The number of thiazole rings is 2. The van der Waals surface area contributed by atoms with Crippen molar-refractivity contribution in [1.82, 2.24) is 36.1 Å². The molecule has 45 heavy (non-hydrogen) atoms. The summed E-state index contributed by atoms with van der Waals surface area (Å²) in [7, 11) is 0. The van der Waals surface area contributed by atoms with Gasteiger partial charge in [0.2, 0.25) is 11.8 Å². The summed E-state index contributed by atoms with van der Waals surface area (Å²) in [5.41, 5.74) is 1.54. The van der Waals surface area contributed by atoms with Crippen LogP contribution in [0.1, 0.15) is 81.7 Å². The molecule has 5 rings (SSSR count). The van der Waals surface area contributed by atoms with Crippen molar-refractivity contribution in [2.24, 2.45) is 11.8 Å². The summed E-state index contributed by atoms with van der Waals surface area (Å²) >= 11 is 2.64. The number of aromatic nitrogens is 2. The normalized spacial score (nSPS) is 21.8. The Morgan fingerprint density at radius 1 is 0.956 bits per heavy atom. The highest BCUT2D eigenvalue weighted by molar-refractivity contribution is 7.10. The standard InChI is InChI=1S/C31H39N7O4S2.ClH/c1-19(2)26-30-36-23(17-44-30)27(40)33-12-7-13-38(31(42)21-10-6-11-32-15-21)16-25(39)34-22(14-20-8-4-3-5-9-20)29-35-24(18-43-29)28(41)37-26;/h3-5,8-9,17-19,21-22,26,32H,6-7,10-16H2,1-2H3,(H,33,40)(H,34,39)(H,37,41);1H/t21-,22-,26-;/m0./s1. The van der Waals surface area contributed by atoms with Crippen molar-refractivity contribution in [3.05, 3.63) is 68.1 Å². The number of nitrogens with one attached hydrogen (secondary N) is 4. The van der Waals surface area contributed by atoms with Crippen LogP contribution in [0.15, 0.2) is 41.1 Å². The first kappa shape index (κ1) is 34.5. The monoisotopic (exact) mass is 673 g/mol. The Morgan fingerprint density at radius 3 is 2.38 bits per heavy atom. The van der Waals surface area contributed by atoms with Crippen LogP contribution in [0.3, 0.4) is 0 Å². The van der Waals surface area contributed by atoms with Crippen molar-refractivity contribution in [2.45, 2.75) is 51.6 Å². The van der Waals surface area contributed by atoms with Gasteiger partial charge in [0.25, 0.3) is 11.8 Å². The number of rotatable bonds is 4. The van der Waals surface area contributed by atoms with Crippen LogP contribution in [0.5, 0.6) is 0 Å². The van der Waals surface area contributed by atoms with Gasteiger partial charge in [-0.1, -0.05) is 44.2 Å². The molecule has 4 heterocycles. The molecule has 0 spiro atoms. The fourth-order valence-electron chi connectivity index (χ4n) is 5.43. The number of halogens is 1. The first-order chi connectivity index (χ1) is 21.3. The Labute approximate surface area is 277 Å². The minimum Gasteiger partial charge on any atom is -0.351 e. The zero-order chi connectivity index (χ0) is 31.1. The molecule has 2 aromatic heterocycles. The molecule has 4 amide bonds. The van der Waals surface area contributed by atoms with Crippen LogP contribution in [0.4, 0.5) is 0 Å². The van der Waals surface area contributed by atoms with E-state index in [0.717, 1.165) is 24.9 Å². The van der Waals surface area contributed by atoms with Gasteiger partial charge in [-0.05, 0) is 43.7 Å². The Hall–Kier alpha value is -3.39. The third-order valence-corrected chi connectivity index (χ3v) is 9.71. The Bertz CT molecular complexity index is 1460. The smallest absolute Gasteiger partial charge is 0.271 e. The van der Waals surface area contributed by atoms with Crippen LogP contribution in [-0.2, 0) is 16.0 Å². The van der Waals surface area contributed by atoms with Gasteiger partial charge < -0.3 is 26.2 Å². The highest BCUT2D eigenvalue weighted by Crippen LogP contribution is 2.27. The molecule has 3 atom stereocenters. The maximum atomic E-state index is 13.6. The SMILES string of the molecule is CC(C)[C@@H]1NC(=O)c2csc(n2)[C@H](Cc2ccccc2)NC(=O)CN(C(=O)[C@H]2CCCNC2)CCCNC(=O)c2csc1n2.Cl. The summed E-state index contributed by atoms with van der Waals surface area (Å²) < 4.78 is 0. The average Bonchev–Trinajstić information content (AvgIpc) is 3.72. The van der Waals surface area contributed by atoms with E-state index in [-0.39, 0.29) is 65.8 Å². The van der Waals surface area contributed by atoms with Crippen molar-refractivity contribution in [3.63, 3.8) is 0 Å². The molecule has 11 nitrogen and oxygen atoms in total. The number of fused-ring (bicyclic) bond motifs is 4. The quantitative estimate of drug-likeness (QED) is 0.332. The van der Waals surface area contributed by atoms with E-state index in [2.05, 4.69) is 31.2 Å². The van der Waals surface area contributed by atoms with Gasteiger partial charge in [0.05, 0.1) is 24.5 Å². The largest absolute Gasteiger partial charge is 0.351 e. The molecule has 14 heteroatoms. The molecule has 1 fully saturated rings. The number of benzene rings is 1. The maximum Gasteiger partial charge on any atom is 0.271 e. The number of hydrogen-bond donors (Lipinski definition) is 4. The molecule has 2 aliphatic rings. The zero-order valence-corrected chi connectivity index (χ0v) is 27.9. The maximum absolute atomic E-state index is 13.6. The van der Waals surface area contributed by atoms with Gasteiger partial charge >= 0.3 is 0 Å². The first-order valence-electron chi connectivity index (χ1n) is 15.1. The van der Waals surface area contributed by atoms with Gasteiger partial charge in [0.1, 0.15) is 21.4 Å². The van der Waals surface area contributed by atoms with E-state index in [1.807, 2.05) is 44.2 Å². The molecular formula is C31H40ClN7O4S2. The molecule has 0 aliphatic carbocycles. The minimum atomic E-state index is -0.492. The van der Waals surface area contributed by atoms with Crippen LogP contribution in [0.25, 0.3) is 0 Å². The Kier molecular flexibility index (Phi) is 12.5. The Morgan fingerprint density at radius 2 is 1.67 bits per heavy atom. The third-order valence-electron chi connectivity index (χ3n) is 7.83. The summed E-state index contributed by atoms with van der Waals surface area (Å²) in [6.45, 7) is 5.95. The topological polar surface area (TPSA) is 145 Å². The minimum absolute atomic E-state index is 0. The second-order valence-corrected chi connectivity index (χ2v) is 13.3. The predicted octanol–water partition coefficient (Wildman–Crippen LogP) is 3.51. The molecule has 3 aromatic rings. The second-order valence-electron chi connectivity index (χ2n) is 11.6. The predicted molar refractivity (Wildman–Crippen MR) is 177 cm³/mol.